The van der Waals surface area contributed by atoms with Crippen LogP contribution in [-0.2, 0) is 25.1 Å². The third-order valence-electron chi connectivity index (χ3n) is 5.77. The fourth-order valence-electron chi connectivity index (χ4n) is 4.05. The maximum absolute atomic E-state index is 15.0. The van der Waals surface area contributed by atoms with Crippen LogP contribution in [0.2, 0.25) is 0 Å². The Morgan fingerprint density at radius 1 is 1.34 bits per heavy atom. The average Bonchev–Trinajstić information content (AvgIpc) is 2.73. The minimum Gasteiger partial charge on any atom is -0.380 e. The average molecular weight is 471 g/mol. The van der Waals surface area contributed by atoms with Crippen molar-refractivity contribution in [1.29, 1.82) is 5.41 Å². The van der Waals surface area contributed by atoms with Crippen molar-refractivity contribution in [2.24, 2.45) is 0 Å². The molecule has 1 aromatic carbocycles. The van der Waals surface area contributed by atoms with Gasteiger partial charge in [0.2, 0.25) is 16.0 Å². The number of sulfonamides is 1. The van der Waals surface area contributed by atoms with Crippen LogP contribution in [0.3, 0.4) is 0 Å². The summed E-state index contributed by atoms with van der Waals surface area (Å²) in [6, 6.07) is 2.04. The van der Waals surface area contributed by atoms with Crippen molar-refractivity contribution >= 4 is 27.6 Å². The molecule has 2 unspecified atom stereocenters. The fraction of sp³-hybridized carbons (Fsp3) is 0.368. The van der Waals surface area contributed by atoms with Gasteiger partial charge in [0, 0.05) is 37.2 Å². The van der Waals surface area contributed by atoms with Gasteiger partial charge in [0.15, 0.2) is 6.04 Å². The largest absolute Gasteiger partial charge is 0.380 e. The Labute approximate surface area is 181 Å². The SMILES string of the molecule is CN1C(=N)N[C@@]2(c3cc(NC(=O)C4NC=C(F)C=C4F)ccc3F)CCOCC2S1(=O)=O. The van der Waals surface area contributed by atoms with Gasteiger partial charge in [-0.15, -0.1) is 0 Å². The number of hydrogen-bond acceptors (Lipinski definition) is 6. The maximum atomic E-state index is 15.0. The first-order valence-corrected chi connectivity index (χ1v) is 11.1. The molecule has 4 N–H and O–H groups in total. The van der Waals surface area contributed by atoms with Crippen LogP contribution < -0.4 is 16.0 Å². The predicted octanol–water partition coefficient (Wildman–Crippen LogP) is 1.18. The van der Waals surface area contributed by atoms with Crippen LogP contribution in [0.1, 0.15) is 12.0 Å². The van der Waals surface area contributed by atoms with Crippen LogP contribution in [0.25, 0.3) is 0 Å². The highest BCUT2D eigenvalue weighted by Gasteiger charge is 2.56. The van der Waals surface area contributed by atoms with Gasteiger partial charge in [-0.05, 0) is 24.6 Å². The third-order valence-corrected chi connectivity index (χ3v) is 7.98. The van der Waals surface area contributed by atoms with E-state index in [0.29, 0.717) is 6.08 Å². The molecule has 0 spiro atoms. The number of carbonyl (C=O) groups excluding carboxylic acids is 1. The minimum atomic E-state index is -4.04. The summed E-state index contributed by atoms with van der Waals surface area (Å²) in [6.45, 7) is -0.102. The topological polar surface area (TPSA) is 124 Å². The number of guanidine groups is 1. The molecule has 0 aromatic heterocycles. The first kappa shape index (κ1) is 22.1. The number of nitrogens with zero attached hydrogens (tertiary/aromatic N) is 1. The lowest BCUT2D eigenvalue weighted by molar-refractivity contribution is -0.117. The predicted molar refractivity (Wildman–Crippen MR) is 109 cm³/mol. The van der Waals surface area contributed by atoms with Gasteiger partial charge in [-0.25, -0.2) is 25.9 Å². The van der Waals surface area contributed by atoms with Gasteiger partial charge in [-0.2, -0.15) is 0 Å². The molecule has 1 aromatic rings. The van der Waals surface area contributed by atoms with Crippen molar-refractivity contribution in [3.05, 3.63) is 53.5 Å². The number of benzene rings is 1. The standard InChI is InChI=1S/C19H20F3N5O4S/c1-27-18(23)26-19(4-5-31-9-15(19)32(27,29)30)12-7-11(2-3-13(12)21)25-17(28)16-14(22)6-10(20)8-24-16/h2-3,6-8,15-16,24H,4-5,9H2,1H3,(H2,23,26)(H,25,28)/t15?,16?,19-/m1/s1. The van der Waals surface area contributed by atoms with Crippen molar-refractivity contribution in [2.45, 2.75) is 23.3 Å². The van der Waals surface area contributed by atoms with Crippen molar-refractivity contribution in [1.82, 2.24) is 14.9 Å². The Kier molecular flexibility index (Phi) is 5.41. The molecule has 4 rings (SSSR count). The summed E-state index contributed by atoms with van der Waals surface area (Å²) in [7, 11) is -2.83. The van der Waals surface area contributed by atoms with Gasteiger partial charge in [-0.1, -0.05) is 0 Å². The van der Waals surface area contributed by atoms with E-state index in [4.69, 9.17) is 10.1 Å². The van der Waals surface area contributed by atoms with Crippen LogP contribution in [0.4, 0.5) is 18.9 Å². The summed E-state index contributed by atoms with van der Waals surface area (Å²) < 4.78 is 74.1. The highest BCUT2D eigenvalue weighted by atomic mass is 32.2. The van der Waals surface area contributed by atoms with Crippen LogP contribution in [0.5, 0.6) is 0 Å². The fourth-order valence-corrected chi connectivity index (χ4v) is 5.82. The van der Waals surface area contributed by atoms with E-state index in [-0.39, 0.29) is 30.9 Å². The number of rotatable bonds is 3. The van der Waals surface area contributed by atoms with E-state index < -0.39 is 56.2 Å². The highest BCUT2D eigenvalue weighted by Crippen LogP contribution is 2.41. The molecular formula is C19H20F3N5O4S. The summed E-state index contributed by atoms with van der Waals surface area (Å²) in [5.41, 5.74) is -1.52. The van der Waals surface area contributed by atoms with E-state index >= 15 is 0 Å². The second kappa shape index (κ2) is 7.81. The van der Waals surface area contributed by atoms with E-state index in [1.807, 2.05) is 0 Å². The lowest BCUT2D eigenvalue weighted by atomic mass is 9.81. The van der Waals surface area contributed by atoms with Crippen molar-refractivity contribution < 1.29 is 31.1 Å². The van der Waals surface area contributed by atoms with Gasteiger partial charge in [0.1, 0.15) is 22.7 Å². The van der Waals surface area contributed by atoms with E-state index in [9.17, 15) is 26.4 Å². The summed E-state index contributed by atoms with van der Waals surface area (Å²) in [5, 5.41) is 14.4. The van der Waals surface area contributed by atoms with Crippen LogP contribution in [0.15, 0.2) is 42.1 Å². The number of carbonyl (C=O) groups is 1. The third kappa shape index (κ3) is 3.50. The smallest absolute Gasteiger partial charge is 0.253 e. The van der Waals surface area contributed by atoms with E-state index in [1.165, 1.54) is 19.2 Å². The van der Waals surface area contributed by atoms with Crippen molar-refractivity contribution in [3.63, 3.8) is 0 Å². The molecule has 0 saturated carbocycles. The normalized spacial score (nSPS) is 29.1. The summed E-state index contributed by atoms with van der Waals surface area (Å²) >= 11 is 0. The van der Waals surface area contributed by atoms with Gasteiger partial charge in [0.05, 0.1) is 12.1 Å². The molecule has 1 amide bonds. The molecule has 2 fully saturated rings. The number of hydrogen-bond donors (Lipinski definition) is 4. The zero-order chi connectivity index (χ0) is 23.3. The second-order valence-electron chi connectivity index (χ2n) is 7.61. The minimum absolute atomic E-state index is 0.0487. The second-order valence-corrected chi connectivity index (χ2v) is 9.76. The lowest BCUT2D eigenvalue weighted by Gasteiger charge is -2.50. The van der Waals surface area contributed by atoms with Crippen molar-refractivity contribution in [3.8, 4) is 0 Å². The molecule has 3 heterocycles. The Morgan fingerprint density at radius 3 is 2.81 bits per heavy atom. The van der Waals surface area contributed by atoms with Gasteiger partial charge < -0.3 is 20.7 Å². The molecule has 0 bridgehead atoms. The summed E-state index contributed by atoms with van der Waals surface area (Å²) in [5.74, 6) is -3.95. The number of halogens is 3. The number of dihydropyridines is 1. The molecule has 13 heteroatoms. The Bertz CT molecular complexity index is 1160. The summed E-state index contributed by atoms with van der Waals surface area (Å²) in [4.78, 5) is 12.5. The number of nitrogens with one attached hydrogen (secondary N) is 4. The Morgan fingerprint density at radius 2 is 2.09 bits per heavy atom. The number of fused-ring (bicyclic) bond motifs is 1. The van der Waals surface area contributed by atoms with Gasteiger partial charge >= 0.3 is 0 Å². The monoisotopic (exact) mass is 471 g/mol. The van der Waals surface area contributed by atoms with Crippen LogP contribution in [0, 0.1) is 11.2 Å². The van der Waals surface area contributed by atoms with Gasteiger partial charge in [-0.3, -0.25) is 10.2 Å². The number of anilines is 1. The highest BCUT2D eigenvalue weighted by molar-refractivity contribution is 7.90. The van der Waals surface area contributed by atoms with Crippen molar-refractivity contribution in [2.75, 3.05) is 25.6 Å². The molecule has 3 atom stereocenters. The molecule has 32 heavy (non-hydrogen) atoms. The number of allylic oxidation sites excluding steroid dienone is 2. The Balaban J connectivity index is 1.70. The molecule has 9 nitrogen and oxygen atoms in total. The zero-order valence-electron chi connectivity index (χ0n) is 16.8. The molecular weight excluding hydrogens is 451 g/mol. The molecule has 3 aliphatic heterocycles. The van der Waals surface area contributed by atoms with E-state index in [2.05, 4.69) is 16.0 Å². The van der Waals surface area contributed by atoms with E-state index in [1.54, 1.807) is 0 Å². The summed E-state index contributed by atoms with van der Waals surface area (Å²) in [6.07, 6.45) is 1.46. The maximum Gasteiger partial charge on any atom is 0.253 e. The first-order valence-electron chi connectivity index (χ1n) is 9.58. The van der Waals surface area contributed by atoms with Crippen LogP contribution in [-0.4, -0.2) is 56.1 Å². The van der Waals surface area contributed by atoms with E-state index in [0.717, 1.165) is 16.6 Å². The number of amides is 1. The van der Waals surface area contributed by atoms with Crippen LogP contribution >= 0.6 is 0 Å². The number of ether oxygens (including phenoxy) is 1. The Hall–Kier alpha value is -3.06. The molecule has 2 saturated heterocycles. The molecule has 3 aliphatic rings. The molecule has 172 valence electrons. The van der Waals surface area contributed by atoms with Gasteiger partial charge in [0.25, 0.3) is 5.91 Å². The lowest BCUT2D eigenvalue weighted by Crippen LogP contribution is -2.70. The quantitative estimate of drug-likeness (QED) is 0.525. The molecule has 0 radical (unpaired) electrons. The first-order chi connectivity index (χ1) is 15.1. The zero-order valence-corrected chi connectivity index (χ0v) is 17.6. The molecule has 0 aliphatic carbocycles.